The van der Waals surface area contributed by atoms with Crippen molar-refractivity contribution in [1.29, 1.82) is 0 Å². The topological polar surface area (TPSA) is 80.7 Å². The molecule has 0 aliphatic carbocycles. The summed E-state index contributed by atoms with van der Waals surface area (Å²) in [5.41, 5.74) is 1.04. The van der Waals surface area contributed by atoms with Crippen LogP contribution >= 0.6 is 35.3 Å². The average molecular weight is 567 g/mol. The standard InChI is InChI=1S/C23H29N5O2S.HI/c1-3-20-17-27-22(31-20)11-12-25-23(24-2)28-16-18-9-10-21(26-15-18)30-14-13-29-19-7-5-4-6-8-19;/h4-10,15,17H,3,11-14,16H2,1-2H3,(H2,24,25,28);1H. The van der Waals surface area contributed by atoms with Crippen molar-refractivity contribution in [2.45, 2.75) is 26.3 Å². The van der Waals surface area contributed by atoms with Crippen molar-refractivity contribution in [3.63, 3.8) is 0 Å². The van der Waals surface area contributed by atoms with Crippen molar-refractivity contribution in [3.8, 4) is 11.6 Å². The molecular weight excluding hydrogens is 537 g/mol. The predicted octanol–water partition coefficient (Wildman–Crippen LogP) is 4.08. The predicted molar refractivity (Wildman–Crippen MR) is 140 cm³/mol. The summed E-state index contributed by atoms with van der Waals surface area (Å²) in [6.07, 6.45) is 5.68. The van der Waals surface area contributed by atoms with E-state index in [-0.39, 0.29) is 24.0 Å². The van der Waals surface area contributed by atoms with E-state index in [1.165, 1.54) is 4.88 Å². The van der Waals surface area contributed by atoms with E-state index >= 15 is 0 Å². The highest BCUT2D eigenvalue weighted by atomic mass is 127. The molecule has 32 heavy (non-hydrogen) atoms. The van der Waals surface area contributed by atoms with Gasteiger partial charge in [-0.1, -0.05) is 31.2 Å². The third kappa shape index (κ3) is 8.99. The molecule has 1 aromatic carbocycles. The minimum absolute atomic E-state index is 0. The number of hydrogen-bond acceptors (Lipinski definition) is 6. The smallest absolute Gasteiger partial charge is 0.213 e. The molecule has 2 aromatic heterocycles. The number of aliphatic imine (C=N–C) groups is 1. The number of pyridine rings is 1. The maximum Gasteiger partial charge on any atom is 0.213 e. The van der Waals surface area contributed by atoms with E-state index in [9.17, 15) is 0 Å². The zero-order chi connectivity index (χ0) is 21.7. The number of aryl methyl sites for hydroxylation is 1. The fourth-order valence-corrected chi connectivity index (χ4v) is 3.61. The molecule has 3 rings (SSSR count). The quantitative estimate of drug-likeness (QED) is 0.157. The van der Waals surface area contributed by atoms with Gasteiger partial charge in [-0.05, 0) is 24.1 Å². The Morgan fingerprint density at radius 1 is 1.00 bits per heavy atom. The molecule has 0 fully saturated rings. The molecule has 0 saturated heterocycles. The highest BCUT2D eigenvalue weighted by Crippen LogP contribution is 2.13. The molecule has 172 valence electrons. The summed E-state index contributed by atoms with van der Waals surface area (Å²) >= 11 is 1.77. The van der Waals surface area contributed by atoms with Gasteiger partial charge in [0, 0.05) is 49.9 Å². The van der Waals surface area contributed by atoms with E-state index in [0.29, 0.717) is 25.6 Å². The van der Waals surface area contributed by atoms with Gasteiger partial charge in [0.25, 0.3) is 0 Å². The molecule has 0 unspecified atom stereocenters. The van der Waals surface area contributed by atoms with Crippen molar-refractivity contribution in [2.75, 3.05) is 26.8 Å². The normalized spacial score (nSPS) is 10.9. The number of guanidine groups is 1. The van der Waals surface area contributed by atoms with E-state index in [4.69, 9.17) is 9.47 Å². The Labute approximate surface area is 210 Å². The number of para-hydroxylation sites is 1. The van der Waals surface area contributed by atoms with Gasteiger partial charge in [0.2, 0.25) is 5.88 Å². The summed E-state index contributed by atoms with van der Waals surface area (Å²) in [6.45, 7) is 4.47. The molecule has 0 radical (unpaired) electrons. The fraction of sp³-hybridized carbons (Fsp3) is 0.348. The number of rotatable bonds is 11. The number of hydrogen-bond donors (Lipinski definition) is 2. The highest BCUT2D eigenvalue weighted by Gasteiger charge is 2.03. The lowest BCUT2D eigenvalue weighted by atomic mass is 10.3. The van der Waals surface area contributed by atoms with Crippen molar-refractivity contribution in [3.05, 3.63) is 70.3 Å². The van der Waals surface area contributed by atoms with Crippen LogP contribution in [0.3, 0.4) is 0 Å². The summed E-state index contributed by atoms with van der Waals surface area (Å²) in [7, 11) is 1.76. The minimum Gasteiger partial charge on any atom is -0.490 e. The minimum atomic E-state index is 0. The summed E-state index contributed by atoms with van der Waals surface area (Å²) in [4.78, 5) is 14.4. The number of ether oxygens (including phenoxy) is 2. The van der Waals surface area contributed by atoms with Gasteiger partial charge in [0.05, 0.1) is 5.01 Å². The first kappa shape index (κ1) is 25.9. The van der Waals surface area contributed by atoms with Gasteiger partial charge in [-0.3, -0.25) is 4.99 Å². The third-order valence-corrected chi connectivity index (χ3v) is 5.61. The SMILES string of the molecule is CCc1cnc(CCNC(=NC)NCc2ccc(OCCOc3ccccc3)nc2)s1.I. The lowest BCUT2D eigenvalue weighted by Crippen LogP contribution is -2.37. The van der Waals surface area contributed by atoms with Crippen LogP contribution in [0.5, 0.6) is 11.6 Å². The van der Waals surface area contributed by atoms with E-state index in [0.717, 1.165) is 41.7 Å². The van der Waals surface area contributed by atoms with E-state index in [2.05, 4.69) is 32.5 Å². The molecular formula is C23H30IN5O2S. The van der Waals surface area contributed by atoms with E-state index in [1.807, 2.05) is 48.7 Å². The number of halogens is 1. The van der Waals surface area contributed by atoms with Crippen LogP contribution in [0.15, 0.2) is 59.9 Å². The number of nitrogens with zero attached hydrogens (tertiary/aromatic N) is 3. The first-order valence-corrected chi connectivity index (χ1v) is 11.2. The Morgan fingerprint density at radius 3 is 2.50 bits per heavy atom. The van der Waals surface area contributed by atoms with Gasteiger partial charge < -0.3 is 20.1 Å². The van der Waals surface area contributed by atoms with Crippen LogP contribution in [-0.4, -0.2) is 42.7 Å². The van der Waals surface area contributed by atoms with Crippen molar-refractivity contribution >= 4 is 41.3 Å². The fourth-order valence-electron chi connectivity index (χ4n) is 2.74. The Bertz CT molecular complexity index is 935. The van der Waals surface area contributed by atoms with Crippen molar-refractivity contribution < 1.29 is 9.47 Å². The molecule has 0 aliphatic rings. The second-order valence-electron chi connectivity index (χ2n) is 6.69. The van der Waals surface area contributed by atoms with Crippen LogP contribution in [0.1, 0.15) is 22.4 Å². The molecule has 2 heterocycles. The zero-order valence-corrected chi connectivity index (χ0v) is 21.6. The Kier molecular flexibility index (Phi) is 11.8. The molecule has 7 nitrogen and oxygen atoms in total. The molecule has 0 atom stereocenters. The van der Waals surface area contributed by atoms with Crippen LogP contribution in [-0.2, 0) is 19.4 Å². The highest BCUT2D eigenvalue weighted by molar-refractivity contribution is 14.0. The van der Waals surface area contributed by atoms with Gasteiger partial charge in [-0.2, -0.15) is 0 Å². The van der Waals surface area contributed by atoms with Crippen LogP contribution in [0.4, 0.5) is 0 Å². The maximum absolute atomic E-state index is 5.64. The average Bonchev–Trinajstić information content (AvgIpc) is 3.28. The van der Waals surface area contributed by atoms with Crippen LogP contribution in [0, 0.1) is 0 Å². The van der Waals surface area contributed by atoms with Gasteiger partial charge >= 0.3 is 0 Å². The molecule has 2 N–H and O–H groups in total. The molecule has 9 heteroatoms. The van der Waals surface area contributed by atoms with Crippen molar-refractivity contribution in [2.24, 2.45) is 4.99 Å². The number of thiazole rings is 1. The second kappa shape index (κ2) is 14.6. The Balaban J connectivity index is 0.00000363. The van der Waals surface area contributed by atoms with Gasteiger partial charge in [-0.15, -0.1) is 35.3 Å². The second-order valence-corrected chi connectivity index (χ2v) is 7.89. The number of benzene rings is 1. The first-order chi connectivity index (χ1) is 15.3. The lowest BCUT2D eigenvalue weighted by Gasteiger charge is -2.12. The molecule has 0 amide bonds. The summed E-state index contributed by atoms with van der Waals surface area (Å²) < 4.78 is 11.2. The summed E-state index contributed by atoms with van der Waals surface area (Å²) in [6, 6.07) is 13.5. The van der Waals surface area contributed by atoms with Gasteiger partial charge in [0.15, 0.2) is 5.96 Å². The molecule has 0 aliphatic heterocycles. The Hall–Kier alpha value is -2.40. The molecule has 0 bridgehead atoms. The Morgan fingerprint density at radius 2 is 1.81 bits per heavy atom. The lowest BCUT2D eigenvalue weighted by molar-refractivity contribution is 0.212. The monoisotopic (exact) mass is 567 g/mol. The van der Waals surface area contributed by atoms with Crippen LogP contribution in [0.25, 0.3) is 0 Å². The van der Waals surface area contributed by atoms with E-state index in [1.54, 1.807) is 24.6 Å². The summed E-state index contributed by atoms with van der Waals surface area (Å²) in [5.74, 6) is 2.17. The van der Waals surface area contributed by atoms with E-state index < -0.39 is 0 Å². The van der Waals surface area contributed by atoms with Crippen LogP contribution < -0.4 is 20.1 Å². The zero-order valence-electron chi connectivity index (χ0n) is 18.4. The molecule has 0 spiro atoms. The van der Waals surface area contributed by atoms with Crippen LogP contribution in [0.2, 0.25) is 0 Å². The molecule has 0 saturated carbocycles. The molecule has 3 aromatic rings. The third-order valence-electron chi connectivity index (χ3n) is 4.41. The first-order valence-electron chi connectivity index (χ1n) is 10.4. The summed E-state index contributed by atoms with van der Waals surface area (Å²) in [5, 5.41) is 7.77. The van der Waals surface area contributed by atoms with Gasteiger partial charge in [0.1, 0.15) is 19.0 Å². The maximum atomic E-state index is 5.64. The largest absolute Gasteiger partial charge is 0.490 e. The van der Waals surface area contributed by atoms with Gasteiger partial charge in [-0.25, -0.2) is 9.97 Å². The number of aromatic nitrogens is 2. The van der Waals surface area contributed by atoms with Crippen molar-refractivity contribution in [1.82, 2.24) is 20.6 Å². The number of nitrogens with one attached hydrogen (secondary N) is 2.